The van der Waals surface area contributed by atoms with E-state index in [1.54, 1.807) is 7.05 Å². The minimum Gasteiger partial charge on any atom is -0.324 e. The lowest BCUT2D eigenvalue weighted by atomic mass is 9.81. The first kappa shape index (κ1) is 18.1. The number of nitrogens with one attached hydrogen (secondary N) is 1. The Morgan fingerprint density at radius 3 is 2.60 bits per heavy atom. The smallest absolute Gasteiger partial charge is 0.324 e. The van der Waals surface area contributed by atoms with Crippen molar-refractivity contribution in [3.8, 4) is 6.07 Å². The average molecular weight is 368 g/mol. The van der Waals surface area contributed by atoms with Gasteiger partial charge in [-0.3, -0.25) is 9.69 Å². The van der Waals surface area contributed by atoms with Crippen molar-refractivity contribution in [3.63, 3.8) is 0 Å². The number of sulfonamides is 1. The molecule has 0 bridgehead atoms. The maximum atomic E-state index is 12.7. The molecule has 2 aliphatic carbocycles. The summed E-state index contributed by atoms with van der Waals surface area (Å²) in [6.45, 7) is 1.94. The van der Waals surface area contributed by atoms with Crippen LogP contribution in [0.3, 0.4) is 0 Å². The van der Waals surface area contributed by atoms with Gasteiger partial charge in [-0.2, -0.15) is 5.26 Å². The van der Waals surface area contributed by atoms with E-state index in [9.17, 15) is 18.0 Å². The lowest BCUT2D eigenvalue weighted by Gasteiger charge is -2.46. The summed E-state index contributed by atoms with van der Waals surface area (Å²) in [6, 6.07) is 1.28. The van der Waals surface area contributed by atoms with Gasteiger partial charge in [-0.1, -0.05) is 0 Å². The lowest BCUT2D eigenvalue weighted by Crippen LogP contribution is -2.63. The van der Waals surface area contributed by atoms with Crippen LogP contribution in [-0.4, -0.2) is 60.6 Å². The van der Waals surface area contributed by atoms with Gasteiger partial charge in [0.25, 0.3) is 0 Å². The van der Waals surface area contributed by atoms with Crippen molar-refractivity contribution in [2.45, 2.75) is 62.3 Å². The van der Waals surface area contributed by atoms with E-state index in [2.05, 4.69) is 4.72 Å². The van der Waals surface area contributed by atoms with E-state index < -0.39 is 27.2 Å². The van der Waals surface area contributed by atoms with E-state index >= 15 is 0 Å². The Kier molecular flexibility index (Phi) is 4.54. The summed E-state index contributed by atoms with van der Waals surface area (Å²) in [4.78, 5) is 27.7. The van der Waals surface area contributed by atoms with Crippen LogP contribution < -0.4 is 4.72 Å². The van der Waals surface area contributed by atoms with Gasteiger partial charge in [0.15, 0.2) is 0 Å². The van der Waals surface area contributed by atoms with Gasteiger partial charge >= 0.3 is 6.03 Å². The van der Waals surface area contributed by atoms with Crippen LogP contribution in [0.15, 0.2) is 0 Å². The van der Waals surface area contributed by atoms with Crippen LogP contribution in [0, 0.1) is 17.2 Å². The number of carbonyl (C=O) groups is 2. The molecule has 1 heterocycles. The Hall–Kier alpha value is -1.66. The second-order valence-electron chi connectivity index (χ2n) is 7.61. The van der Waals surface area contributed by atoms with Gasteiger partial charge in [0.05, 0.1) is 23.7 Å². The highest BCUT2D eigenvalue weighted by molar-refractivity contribution is 7.90. The maximum Gasteiger partial charge on any atom is 0.326 e. The molecule has 0 aromatic carbocycles. The average Bonchev–Trinajstić information content (AvgIpc) is 3.28. The third kappa shape index (κ3) is 3.37. The second-order valence-corrected chi connectivity index (χ2v) is 9.57. The number of hydrogen-bond acceptors (Lipinski definition) is 5. The SMILES string of the molecule is CN1C(=O)N(CCC#N)C(=O)C2CC(S(=O)(=O)NC3(C)CC3)CCC21. The highest BCUT2D eigenvalue weighted by Crippen LogP contribution is 2.39. The fourth-order valence-electron chi connectivity index (χ4n) is 3.84. The number of urea groups is 1. The van der Waals surface area contributed by atoms with Crippen molar-refractivity contribution in [2.75, 3.05) is 13.6 Å². The van der Waals surface area contributed by atoms with Crippen LogP contribution in [0.25, 0.3) is 0 Å². The number of carbonyl (C=O) groups excluding carboxylic acids is 2. The molecule has 8 nitrogen and oxygen atoms in total. The summed E-state index contributed by atoms with van der Waals surface area (Å²) >= 11 is 0. The third-order valence-corrected chi connectivity index (χ3v) is 7.74. The first-order valence-electron chi connectivity index (χ1n) is 8.66. The van der Waals surface area contributed by atoms with Gasteiger partial charge in [-0.15, -0.1) is 0 Å². The largest absolute Gasteiger partial charge is 0.326 e. The molecule has 0 aromatic rings. The molecule has 3 atom stereocenters. The Balaban J connectivity index is 1.77. The van der Waals surface area contributed by atoms with E-state index in [1.165, 1.54) is 4.90 Å². The zero-order valence-electron chi connectivity index (χ0n) is 14.6. The molecule has 2 saturated carbocycles. The van der Waals surface area contributed by atoms with E-state index in [0.717, 1.165) is 17.7 Å². The molecule has 3 unspecified atom stereocenters. The van der Waals surface area contributed by atoms with Crippen molar-refractivity contribution in [2.24, 2.45) is 5.92 Å². The van der Waals surface area contributed by atoms with E-state index in [1.807, 2.05) is 13.0 Å². The number of rotatable bonds is 5. The zero-order chi connectivity index (χ0) is 18.4. The van der Waals surface area contributed by atoms with Crippen LogP contribution in [-0.2, 0) is 14.8 Å². The Morgan fingerprint density at radius 1 is 1.32 bits per heavy atom. The minimum atomic E-state index is -3.49. The van der Waals surface area contributed by atoms with Gasteiger partial charge in [-0.25, -0.2) is 17.9 Å². The van der Waals surface area contributed by atoms with E-state index in [0.29, 0.717) is 12.8 Å². The number of nitrogens with zero attached hydrogens (tertiary/aromatic N) is 3. The number of amides is 3. The molecule has 138 valence electrons. The van der Waals surface area contributed by atoms with Crippen LogP contribution >= 0.6 is 0 Å². The Bertz CT molecular complexity index is 725. The molecule has 0 spiro atoms. The molecule has 3 amide bonds. The van der Waals surface area contributed by atoms with Crippen LogP contribution in [0.1, 0.15) is 45.4 Å². The van der Waals surface area contributed by atoms with Crippen LogP contribution in [0.5, 0.6) is 0 Å². The molecular formula is C16H24N4O4S. The molecule has 0 radical (unpaired) electrons. The van der Waals surface area contributed by atoms with Crippen LogP contribution in [0.2, 0.25) is 0 Å². The molecular weight excluding hydrogens is 344 g/mol. The predicted octanol–water partition coefficient (Wildman–Crippen LogP) is 0.803. The predicted molar refractivity (Wildman–Crippen MR) is 89.7 cm³/mol. The van der Waals surface area contributed by atoms with Gasteiger partial charge in [0, 0.05) is 25.2 Å². The monoisotopic (exact) mass is 368 g/mol. The first-order chi connectivity index (χ1) is 11.7. The summed E-state index contributed by atoms with van der Waals surface area (Å²) in [6.07, 6.45) is 2.90. The Labute approximate surface area is 148 Å². The summed E-state index contributed by atoms with van der Waals surface area (Å²) in [7, 11) is -1.85. The first-order valence-corrected chi connectivity index (χ1v) is 10.2. The maximum absolute atomic E-state index is 12.7. The normalized spacial score (nSPS) is 31.5. The molecule has 9 heteroatoms. The molecule has 0 aromatic heterocycles. The number of fused-ring (bicyclic) bond motifs is 1. The van der Waals surface area contributed by atoms with Gasteiger partial charge in [-0.05, 0) is 39.0 Å². The lowest BCUT2D eigenvalue weighted by molar-refractivity contribution is -0.139. The molecule has 1 N–H and O–H groups in total. The third-order valence-electron chi connectivity index (χ3n) is 5.65. The van der Waals surface area contributed by atoms with Crippen LogP contribution in [0.4, 0.5) is 4.79 Å². The highest BCUT2D eigenvalue weighted by atomic mass is 32.2. The molecule has 1 aliphatic heterocycles. The number of nitriles is 1. The number of hydrogen-bond donors (Lipinski definition) is 1. The second kappa shape index (κ2) is 6.25. The summed E-state index contributed by atoms with van der Waals surface area (Å²) < 4.78 is 28.1. The summed E-state index contributed by atoms with van der Waals surface area (Å²) in [5.41, 5.74) is -0.335. The zero-order valence-corrected chi connectivity index (χ0v) is 15.4. The Morgan fingerprint density at radius 2 is 2.00 bits per heavy atom. The van der Waals surface area contributed by atoms with Crippen molar-refractivity contribution in [1.29, 1.82) is 5.26 Å². The quantitative estimate of drug-likeness (QED) is 0.772. The van der Waals surface area contributed by atoms with E-state index in [-0.39, 0.29) is 36.9 Å². The van der Waals surface area contributed by atoms with Gasteiger partial charge < -0.3 is 4.90 Å². The van der Waals surface area contributed by atoms with Crippen molar-refractivity contribution in [1.82, 2.24) is 14.5 Å². The standard InChI is InChI=1S/C16H24N4O4S/c1-16(6-7-16)18-25(23,24)11-4-5-13-12(10-11)14(21)20(9-3-8-17)15(22)19(13)2/h11-13,18H,3-7,9-10H2,1-2H3. The highest BCUT2D eigenvalue weighted by Gasteiger charge is 2.51. The molecule has 1 saturated heterocycles. The molecule has 3 fully saturated rings. The van der Waals surface area contributed by atoms with Gasteiger partial charge in [0.2, 0.25) is 15.9 Å². The summed E-state index contributed by atoms with van der Waals surface area (Å²) in [5, 5.41) is 8.11. The van der Waals surface area contributed by atoms with Crippen molar-refractivity contribution in [3.05, 3.63) is 0 Å². The van der Waals surface area contributed by atoms with Crippen molar-refractivity contribution < 1.29 is 18.0 Å². The van der Waals surface area contributed by atoms with Gasteiger partial charge in [0.1, 0.15) is 0 Å². The van der Waals surface area contributed by atoms with Crippen molar-refractivity contribution >= 4 is 22.0 Å². The minimum absolute atomic E-state index is 0.0511. The molecule has 25 heavy (non-hydrogen) atoms. The topological polar surface area (TPSA) is 111 Å². The fraction of sp³-hybridized carbons (Fsp3) is 0.812. The molecule has 3 aliphatic rings. The van der Waals surface area contributed by atoms with E-state index in [4.69, 9.17) is 5.26 Å². The fourth-order valence-corrected chi connectivity index (χ4v) is 5.80. The molecule has 3 rings (SSSR count). The number of imide groups is 1. The summed E-state index contributed by atoms with van der Waals surface area (Å²) in [5.74, 6) is -0.871.